The Labute approximate surface area is 267 Å². The van der Waals surface area contributed by atoms with Crippen LogP contribution in [0.3, 0.4) is 0 Å². The van der Waals surface area contributed by atoms with Gasteiger partial charge in [0, 0.05) is 19.4 Å². The highest BCUT2D eigenvalue weighted by molar-refractivity contribution is 8.18. The van der Waals surface area contributed by atoms with E-state index in [0.29, 0.717) is 80.2 Å². The highest BCUT2D eigenvalue weighted by Gasteiger charge is 2.33. The molecule has 1 heterocycles. The second-order valence-electron chi connectivity index (χ2n) is 9.27. The van der Waals surface area contributed by atoms with Gasteiger partial charge in [0.1, 0.15) is 23.0 Å². The second-order valence-corrected chi connectivity index (χ2v) is 10.3. The lowest BCUT2D eigenvalue weighted by molar-refractivity contribution is -0.138. The third-order valence-electron chi connectivity index (χ3n) is 5.93. The largest absolute Gasteiger partial charge is 0.506 e. The van der Waals surface area contributed by atoms with Crippen LogP contribution in [-0.4, -0.2) is 86.5 Å². The summed E-state index contributed by atoms with van der Waals surface area (Å²) in [5, 5.41) is 24.4. The quantitative estimate of drug-likeness (QED) is 0.114. The minimum absolute atomic E-state index is 0.00488. The molecule has 0 aliphatic carbocycles. The van der Waals surface area contributed by atoms with Gasteiger partial charge in [0.15, 0.2) is 11.5 Å². The lowest BCUT2D eigenvalue weighted by atomic mass is 10.1. The predicted molar refractivity (Wildman–Crippen MR) is 173 cm³/mol. The number of phenolic OH excluding ortho intramolecular Hbond substituents is 1. The number of benzene rings is 2. The lowest BCUT2D eigenvalue weighted by Crippen LogP contribution is -2.27. The number of aromatic hydroxyl groups is 1. The van der Waals surface area contributed by atoms with E-state index in [1.165, 1.54) is 6.07 Å². The molecule has 3 N–H and O–H groups in total. The van der Waals surface area contributed by atoms with Gasteiger partial charge < -0.3 is 39.2 Å². The van der Waals surface area contributed by atoms with E-state index in [1.807, 2.05) is 18.2 Å². The molecule has 12 heteroatoms. The Bertz CT molecular complexity index is 1400. The van der Waals surface area contributed by atoms with Gasteiger partial charge in [-0.3, -0.25) is 4.79 Å². The maximum absolute atomic E-state index is 12.6. The van der Waals surface area contributed by atoms with Crippen molar-refractivity contribution in [2.45, 2.75) is 19.8 Å². The molecule has 3 rings (SSSR count). The zero-order valence-electron chi connectivity index (χ0n) is 25.2. The zero-order valence-corrected chi connectivity index (χ0v) is 26.0. The number of hydrogen-bond donors (Lipinski definition) is 3. The van der Waals surface area contributed by atoms with E-state index in [1.54, 1.807) is 37.3 Å². The minimum atomic E-state index is -0.665. The summed E-state index contributed by atoms with van der Waals surface area (Å²) < 4.78 is 27.1. The molecule has 0 bridgehead atoms. The molecule has 2 aromatic carbocycles. The van der Waals surface area contributed by atoms with Crippen LogP contribution < -0.4 is 10.1 Å². The van der Waals surface area contributed by atoms with Crippen molar-refractivity contribution < 1.29 is 43.5 Å². The molecule has 0 saturated carbocycles. The summed E-state index contributed by atoms with van der Waals surface area (Å²) in [5.41, 5.74) is 1.21. The van der Waals surface area contributed by atoms with E-state index in [0.717, 1.165) is 11.8 Å². The number of aliphatic hydroxyl groups is 1. The van der Waals surface area contributed by atoms with Crippen LogP contribution in [0.25, 0.3) is 6.08 Å². The Morgan fingerprint density at radius 3 is 2.33 bits per heavy atom. The number of carbonyl (C=O) groups excluding carboxylic acids is 2. The van der Waals surface area contributed by atoms with Gasteiger partial charge in [0.25, 0.3) is 0 Å². The Balaban J connectivity index is 1.39. The molecule has 0 spiro atoms. The van der Waals surface area contributed by atoms with Crippen LogP contribution in [0.4, 0.5) is 5.69 Å². The van der Waals surface area contributed by atoms with Gasteiger partial charge in [-0.25, -0.2) is 9.79 Å². The van der Waals surface area contributed by atoms with Crippen LogP contribution >= 0.6 is 11.8 Å². The number of rotatable bonds is 19. The van der Waals surface area contributed by atoms with Crippen LogP contribution in [0.1, 0.15) is 25.3 Å². The Morgan fingerprint density at radius 2 is 1.67 bits per heavy atom. The molecule has 240 valence electrons. The van der Waals surface area contributed by atoms with Gasteiger partial charge in [-0.2, -0.15) is 0 Å². The zero-order chi connectivity index (χ0) is 32.3. The fourth-order valence-electron chi connectivity index (χ4n) is 3.80. The van der Waals surface area contributed by atoms with Crippen LogP contribution in [0.15, 0.2) is 69.8 Å². The van der Waals surface area contributed by atoms with E-state index in [9.17, 15) is 19.8 Å². The minimum Gasteiger partial charge on any atom is -0.506 e. The first-order valence-electron chi connectivity index (χ1n) is 14.5. The maximum atomic E-state index is 12.6. The van der Waals surface area contributed by atoms with Crippen LogP contribution in [-0.2, 0) is 28.5 Å². The molecule has 0 atom stereocenters. The number of terminal acetylenes is 1. The summed E-state index contributed by atoms with van der Waals surface area (Å²) in [6.45, 7) is 4.72. The van der Waals surface area contributed by atoms with E-state index in [-0.39, 0.29) is 42.0 Å². The van der Waals surface area contributed by atoms with Crippen molar-refractivity contribution in [1.29, 1.82) is 0 Å². The van der Waals surface area contributed by atoms with Gasteiger partial charge in [0.05, 0.1) is 56.8 Å². The van der Waals surface area contributed by atoms with Crippen LogP contribution in [0.5, 0.6) is 11.5 Å². The van der Waals surface area contributed by atoms with E-state index >= 15 is 0 Å². The second kappa shape index (κ2) is 19.9. The van der Waals surface area contributed by atoms with Gasteiger partial charge in [0.2, 0.25) is 5.91 Å². The van der Waals surface area contributed by atoms with Crippen LogP contribution in [0.2, 0.25) is 0 Å². The summed E-state index contributed by atoms with van der Waals surface area (Å²) in [4.78, 5) is 28.9. The number of hydrogen-bond acceptors (Lipinski definition) is 11. The normalized spacial score (nSPS) is 14.5. The maximum Gasteiger partial charge on any atom is 0.344 e. The number of aliphatic hydroxyl groups excluding tert-OH is 1. The molecule has 0 fully saturated rings. The first kappa shape index (κ1) is 35.2. The summed E-state index contributed by atoms with van der Waals surface area (Å²) in [5.74, 6) is 1.62. The average molecular weight is 639 g/mol. The van der Waals surface area contributed by atoms with Crippen molar-refractivity contribution in [3.63, 3.8) is 0 Å². The molecule has 1 aliphatic rings. The van der Waals surface area contributed by atoms with E-state index in [2.05, 4.69) is 16.2 Å². The number of phenols is 1. The van der Waals surface area contributed by atoms with E-state index in [4.69, 9.17) is 30.1 Å². The number of thioether (sulfide) groups is 1. The predicted octanol–water partition coefficient (Wildman–Crippen LogP) is 4.54. The summed E-state index contributed by atoms with van der Waals surface area (Å²) >= 11 is 1.14. The molecular formula is C33H38N2O9S. The summed E-state index contributed by atoms with van der Waals surface area (Å²) in [6.07, 6.45) is 7.50. The number of nitrogens with zero attached hydrogens (tertiary/aromatic N) is 1. The molecule has 0 saturated heterocycles. The van der Waals surface area contributed by atoms with Crippen molar-refractivity contribution in [2.75, 3.05) is 59.4 Å². The fourth-order valence-corrected chi connectivity index (χ4v) is 4.83. The van der Waals surface area contributed by atoms with Crippen molar-refractivity contribution in [1.82, 2.24) is 5.32 Å². The number of nitrogens with one attached hydrogen (secondary N) is 1. The third-order valence-corrected chi connectivity index (χ3v) is 6.95. The number of aliphatic imine (C=N–C) groups is 1. The Kier molecular flexibility index (Phi) is 15.6. The Hall–Kier alpha value is -4.28. The third kappa shape index (κ3) is 12.3. The smallest absolute Gasteiger partial charge is 0.344 e. The molecule has 0 unspecified atom stereocenters. The van der Waals surface area contributed by atoms with Gasteiger partial charge in [-0.1, -0.05) is 36.0 Å². The standard InChI is InChI=1S/C33H38N2O9S/c1-3-5-11-29(37)34-14-15-40-16-17-41-18-19-42-20-21-44-27-13-12-24(22-26(27)36)23-28-31(38)30(33(39)43-4-2)32(45-28)35-25-9-7-6-8-10-25/h1,6-10,12-13,22-23,36,38H,4-5,11,14-21H2,2H3,(H,34,37)/b28-23-,35-32?. The topological polar surface area (TPSA) is 145 Å². The molecule has 1 aliphatic heterocycles. The van der Waals surface area contributed by atoms with Crippen molar-refractivity contribution >= 4 is 40.4 Å². The van der Waals surface area contributed by atoms with Crippen LogP contribution in [0, 0.1) is 12.3 Å². The van der Waals surface area contributed by atoms with Gasteiger partial charge in [-0.05, 0) is 42.8 Å². The fraction of sp³-hybridized carbons (Fsp3) is 0.364. The Morgan fingerprint density at radius 1 is 0.978 bits per heavy atom. The highest BCUT2D eigenvalue weighted by atomic mass is 32.2. The van der Waals surface area contributed by atoms with Crippen molar-refractivity contribution in [3.05, 3.63) is 70.3 Å². The highest BCUT2D eigenvalue weighted by Crippen LogP contribution is 2.41. The van der Waals surface area contributed by atoms with E-state index < -0.39 is 5.97 Å². The first-order valence-corrected chi connectivity index (χ1v) is 15.3. The molecule has 2 aromatic rings. The van der Waals surface area contributed by atoms with Crippen molar-refractivity contribution in [3.8, 4) is 23.8 Å². The lowest BCUT2D eigenvalue weighted by Gasteiger charge is -2.10. The first-order chi connectivity index (χ1) is 21.9. The monoisotopic (exact) mass is 638 g/mol. The van der Waals surface area contributed by atoms with Crippen molar-refractivity contribution in [2.24, 2.45) is 4.99 Å². The van der Waals surface area contributed by atoms with Gasteiger partial charge in [-0.15, -0.1) is 12.3 Å². The molecule has 1 amide bonds. The molecule has 11 nitrogen and oxygen atoms in total. The SMILES string of the molecule is C#CCCC(=O)NCCOCCOCCOCCOc1ccc(/C=C2\SC(=Nc3ccccc3)C(C(=O)OCC)=C2O)cc1O. The molecular weight excluding hydrogens is 600 g/mol. The molecule has 0 radical (unpaired) electrons. The number of ether oxygens (including phenoxy) is 5. The average Bonchev–Trinajstić information content (AvgIpc) is 3.33. The number of esters is 1. The number of amides is 1. The molecule has 0 aromatic heterocycles. The van der Waals surface area contributed by atoms with Gasteiger partial charge >= 0.3 is 5.97 Å². The summed E-state index contributed by atoms with van der Waals surface area (Å²) in [6, 6.07) is 13.9. The summed E-state index contributed by atoms with van der Waals surface area (Å²) in [7, 11) is 0. The molecule has 45 heavy (non-hydrogen) atoms. The number of para-hydroxylation sites is 1. The number of carbonyl (C=O) groups is 2.